The van der Waals surface area contributed by atoms with Gasteiger partial charge in [0.05, 0.1) is 5.69 Å². The molecule has 0 saturated heterocycles. The lowest BCUT2D eigenvalue weighted by Gasteiger charge is -2.17. The highest BCUT2D eigenvalue weighted by Crippen LogP contribution is 2.13. The topological polar surface area (TPSA) is 59.1 Å². The van der Waals surface area contributed by atoms with E-state index < -0.39 is 0 Å². The fraction of sp³-hybridized carbons (Fsp3) is 0.727. The van der Waals surface area contributed by atoms with Gasteiger partial charge in [-0.2, -0.15) is 5.10 Å². The first-order valence-electron chi connectivity index (χ1n) is 5.92. The van der Waals surface area contributed by atoms with Gasteiger partial charge in [-0.25, -0.2) is 0 Å². The molecule has 0 atom stereocenters. The molecule has 16 heavy (non-hydrogen) atoms. The van der Waals surface area contributed by atoms with Gasteiger partial charge in [0.1, 0.15) is 0 Å². The maximum Gasteiger partial charge on any atom is 0.171 e. The zero-order chi connectivity index (χ0) is 12.0. The Morgan fingerprint density at radius 2 is 2.12 bits per heavy atom. The van der Waals surface area contributed by atoms with E-state index in [-0.39, 0.29) is 0 Å². The van der Waals surface area contributed by atoms with Crippen LogP contribution in [-0.4, -0.2) is 40.9 Å². The zero-order valence-corrected chi connectivity index (χ0v) is 10.5. The number of nitrogen functional groups attached to an aromatic ring is 1. The molecule has 1 aromatic heterocycles. The Hall–Kier alpha value is -1.23. The highest BCUT2D eigenvalue weighted by molar-refractivity contribution is 5.59. The van der Waals surface area contributed by atoms with Crippen molar-refractivity contribution in [2.45, 2.75) is 20.3 Å². The molecule has 3 N–H and O–H groups in total. The van der Waals surface area contributed by atoms with E-state index in [1.54, 1.807) is 4.68 Å². The minimum absolute atomic E-state index is 0.713. The van der Waals surface area contributed by atoms with Crippen molar-refractivity contribution < 1.29 is 0 Å². The Bertz CT molecular complexity index is 303. The van der Waals surface area contributed by atoms with Crippen molar-refractivity contribution in [1.82, 2.24) is 14.7 Å². The summed E-state index contributed by atoms with van der Waals surface area (Å²) in [5.41, 5.74) is 6.49. The Morgan fingerprint density at radius 3 is 2.62 bits per heavy atom. The average Bonchev–Trinajstić information content (AvgIpc) is 2.58. The van der Waals surface area contributed by atoms with Crippen LogP contribution in [-0.2, 0) is 7.05 Å². The molecule has 1 rings (SSSR count). The number of aromatic nitrogens is 2. The number of nitrogens with one attached hydrogen (secondary N) is 1. The van der Waals surface area contributed by atoms with E-state index in [0.717, 1.165) is 38.4 Å². The van der Waals surface area contributed by atoms with Crippen molar-refractivity contribution in [3.8, 4) is 0 Å². The number of hydrogen-bond acceptors (Lipinski definition) is 4. The van der Waals surface area contributed by atoms with Crippen LogP contribution in [0.5, 0.6) is 0 Å². The number of nitrogens with two attached hydrogens (primary N) is 1. The maximum atomic E-state index is 5.78. The van der Waals surface area contributed by atoms with Gasteiger partial charge in [0.25, 0.3) is 0 Å². The standard InChI is InChI=1S/C11H23N5/c1-4-16(5-2)8-6-7-13-11-10(12)9-15(3)14-11/h9H,4-8,12H2,1-3H3,(H,13,14). The van der Waals surface area contributed by atoms with Gasteiger partial charge >= 0.3 is 0 Å². The van der Waals surface area contributed by atoms with Crippen LogP contribution in [0.1, 0.15) is 20.3 Å². The Kier molecular flexibility index (Phi) is 5.11. The summed E-state index contributed by atoms with van der Waals surface area (Å²) < 4.78 is 1.72. The van der Waals surface area contributed by atoms with Crippen molar-refractivity contribution >= 4 is 11.5 Å². The van der Waals surface area contributed by atoms with Crippen LogP contribution in [0.2, 0.25) is 0 Å². The van der Waals surface area contributed by atoms with Crippen molar-refractivity contribution in [1.29, 1.82) is 0 Å². The average molecular weight is 225 g/mol. The Labute approximate surface area is 97.6 Å². The van der Waals surface area contributed by atoms with Crippen molar-refractivity contribution in [2.24, 2.45) is 7.05 Å². The lowest BCUT2D eigenvalue weighted by molar-refractivity contribution is 0.303. The first kappa shape index (κ1) is 12.8. The molecular formula is C11H23N5. The molecule has 0 spiro atoms. The summed E-state index contributed by atoms with van der Waals surface area (Å²) in [5, 5.41) is 7.49. The van der Waals surface area contributed by atoms with Crippen LogP contribution < -0.4 is 11.1 Å². The van der Waals surface area contributed by atoms with E-state index in [2.05, 4.69) is 29.2 Å². The molecule has 1 aromatic rings. The van der Waals surface area contributed by atoms with Crippen LogP contribution in [0.25, 0.3) is 0 Å². The number of nitrogens with zero attached hydrogens (tertiary/aromatic N) is 3. The van der Waals surface area contributed by atoms with Crippen LogP contribution in [0.3, 0.4) is 0 Å². The van der Waals surface area contributed by atoms with E-state index >= 15 is 0 Å². The molecule has 0 saturated carbocycles. The van der Waals surface area contributed by atoms with Gasteiger partial charge in [-0.1, -0.05) is 13.8 Å². The highest BCUT2D eigenvalue weighted by atomic mass is 15.3. The monoisotopic (exact) mass is 225 g/mol. The Balaban J connectivity index is 2.23. The lowest BCUT2D eigenvalue weighted by atomic mass is 10.3. The summed E-state index contributed by atoms with van der Waals surface area (Å²) in [6.45, 7) is 8.64. The molecule has 1 heterocycles. The van der Waals surface area contributed by atoms with Crippen molar-refractivity contribution in [3.05, 3.63) is 6.20 Å². The van der Waals surface area contributed by atoms with Crippen molar-refractivity contribution in [2.75, 3.05) is 37.2 Å². The second-order valence-electron chi connectivity index (χ2n) is 3.91. The normalized spacial score (nSPS) is 11.0. The van der Waals surface area contributed by atoms with Gasteiger partial charge in [-0.05, 0) is 26.1 Å². The molecule has 92 valence electrons. The highest BCUT2D eigenvalue weighted by Gasteiger charge is 2.03. The van der Waals surface area contributed by atoms with Gasteiger partial charge in [-0.15, -0.1) is 0 Å². The first-order valence-corrected chi connectivity index (χ1v) is 5.92. The molecule has 0 aliphatic carbocycles. The summed E-state index contributed by atoms with van der Waals surface area (Å²) in [4.78, 5) is 2.41. The Morgan fingerprint density at radius 1 is 1.44 bits per heavy atom. The van der Waals surface area contributed by atoms with Crippen LogP contribution in [0.4, 0.5) is 11.5 Å². The van der Waals surface area contributed by atoms with Crippen LogP contribution >= 0.6 is 0 Å². The first-order chi connectivity index (χ1) is 7.67. The SMILES string of the molecule is CCN(CC)CCCNc1nn(C)cc1N. The molecule has 0 fully saturated rings. The molecular weight excluding hydrogens is 202 g/mol. The summed E-state index contributed by atoms with van der Waals surface area (Å²) in [7, 11) is 1.87. The number of rotatable bonds is 7. The fourth-order valence-electron chi connectivity index (χ4n) is 1.69. The predicted octanol–water partition coefficient (Wildman–Crippen LogP) is 1.15. The van der Waals surface area contributed by atoms with Gasteiger partial charge in [0.15, 0.2) is 5.82 Å². The van der Waals surface area contributed by atoms with Gasteiger partial charge in [-0.3, -0.25) is 4.68 Å². The quantitative estimate of drug-likeness (QED) is 0.683. The molecule has 0 amide bonds. The van der Waals surface area contributed by atoms with E-state index in [0.29, 0.717) is 5.69 Å². The molecule has 0 bridgehead atoms. The lowest BCUT2D eigenvalue weighted by Crippen LogP contribution is -2.25. The van der Waals surface area contributed by atoms with E-state index in [9.17, 15) is 0 Å². The third-order valence-corrected chi connectivity index (χ3v) is 2.70. The third-order valence-electron chi connectivity index (χ3n) is 2.70. The van der Waals surface area contributed by atoms with Gasteiger partial charge < -0.3 is 16.0 Å². The summed E-state index contributed by atoms with van der Waals surface area (Å²) in [5.74, 6) is 0.794. The number of hydrogen-bond donors (Lipinski definition) is 2. The third kappa shape index (κ3) is 3.73. The number of anilines is 2. The van der Waals surface area contributed by atoms with Crippen LogP contribution in [0, 0.1) is 0 Å². The maximum absolute atomic E-state index is 5.78. The second-order valence-corrected chi connectivity index (χ2v) is 3.91. The molecule has 5 heteroatoms. The largest absolute Gasteiger partial charge is 0.394 e. The molecule has 0 aromatic carbocycles. The second kappa shape index (κ2) is 6.37. The van der Waals surface area contributed by atoms with Gasteiger partial charge in [0.2, 0.25) is 0 Å². The summed E-state index contributed by atoms with van der Waals surface area (Å²) in [6.07, 6.45) is 2.92. The smallest absolute Gasteiger partial charge is 0.171 e. The van der Waals surface area contributed by atoms with Crippen LogP contribution in [0.15, 0.2) is 6.20 Å². The minimum Gasteiger partial charge on any atom is -0.394 e. The summed E-state index contributed by atoms with van der Waals surface area (Å²) in [6, 6.07) is 0. The molecule has 0 radical (unpaired) electrons. The molecule has 0 aliphatic heterocycles. The van der Waals surface area contributed by atoms with E-state index in [4.69, 9.17) is 5.73 Å². The summed E-state index contributed by atoms with van der Waals surface area (Å²) >= 11 is 0. The van der Waals surface area contributed by atoms with Crippen molar-refractivity contribution in [3.63, 3.8) is 0 Å². The fourth-order valence-corrected chi connectivity index (χ4v) is 1.69. The minimum atomic E-state index is 0.713. The molecule has 5 nitrogen and oxygen atoms in total. The number of aryl methyl sites for hydroxylation is 1. The van der Waals surface area contributed by atoms with E-state index in [1.165, 1.54) is 0 Å². The predicted molar refractivity (Wildman–Crippen MR) is 68.5 cm³/mol. The van der Waals surface area contributed by atoms with Gasteiger partial charge in [0, 0.05) is 19.8 Å². The van der Waals surface area contributed by atoms with E-state index in [1.807, 2.05) is 13.2 Å². The molecule has 0 aliphatic rings. The molecule has 0 unspecified atom stereocenters. The zero-order valence-electron chi connectivity index (χ0n) is 10.5.